The second-order valence-corrected chi connectivity index (χ2v) is 8.45. The molecule has 0 aliphatic carbocycles. The number of carbonyl (C=O) groups excluding carboxylic acids is 2. The molecule has 2 aliphatic heterocycles. The van der Waals surface area contributed by atoms with Gasteiger partial charge in [-0.15, -0.1) is 0 Å². The standard InChI is InChI=1S/C27H22ClNO6/c1-2-33-20-9-6-16(7-10-20)24-23(25(30)17-8-11-21-22(14-17)35-13-12-34-21)26(31)27(32)29(24)19-5-3-4-18(28)15-19/h3-11,14-15,24,30H,2,12-13H2,1H3/b25-23-. The largest absolute Gasteiger partial charge is 0.507 e. The van der Waals surface area contributed by atoms with Gasteiger partial charge in [-0.2, -0.15) is 0 Å². The minimum atomic E-state index is -0.877. The van der Waals surface area contributed by atoms with Crippen LogP contribution in [0.2, 0.25) is 5.02 Å². The molecule has 2 aliphatic rings. The van der Waals surface area contributed by atoms with Crippen molar-refractivity contribution in [3.8, 4) is 17.2 Å². The van der Waals surface area contributed by atoms with Gasteiger partial charge in [-0.1, -0.05) is 29.8 Å². The number of ether oxygens (including phenoxy) is 3. The average Bonchev–Trinajstić information content (AvgIpc) is 3.14. The maximum atomic E-state index is 13.3. The van der Waals surface area contributed by atoms with Gasteiger partial charge in [0.05, 0.1) is 18.2 Å². The molecule has 1 amide bonds. The quantitative estimate of drug-likeness (QED) is 0.302. The van der Waals surface area contributed by atoms with Crippen LogP contribution in [0.3, 0.4) is 0 Å². The fourth-order valence-electron chi connectivity index (χ4n) is 4.30. The van der Waals surface area contributed by atoms with Gasteiger partial charge in [-0.25, -0.2) is 0 Å². The molecule has 0 spiro atoms. The highest BCUT2D eigenvalue weighted by atomic mass is 35.5. The van der Waals surface area contributed by atoms with Crippen molar-refractivity contribution in [1.82, 2.24) is 0 Å². The third-order valence-electron chi connectivity index (χ3n) is 5.85. The normalized spacial score (nSPS) is 18.6. The fraction of sp³-hybridized carbons (Fsp3) is 0.185. The number of Topliss-reactive ketones (excluding diaryl/α,β-unsaturated/α-hetero) is 1. The highest BCUT2D eigenvalue weighted by molar-refractivity contribution is 6.51. The maximum Gasteiger partial charge on any atom is 0.300 e. The van der Waals surface area contributed by atoms with Crippen molar-refractivity contribution in [2.45, 2.75) is 13.0 Å². The highest BCUT2D eigenvalue weighted by Crippen LogP contribution is 2.43. The minimum absolute atomic E-state index is 0.0317. The number of hydrogen-bond donors (Lipinski definition) is 1. The zero-order valence-corrected chi connectivity index (χ0v) is 19.6. The number of halogens is 1. The van der Waals surface area contributed by atoms with Crippen LogP contribution in [0.4, 0.5) is 5.69 Å². The first-order chi connectivity index (χ1) is 17.0. The summed E-state index contributed by atoms with van der Waals surface area (Å²) in [6.45, 7) is 3.20. The molecule has 1 N–H and O–H groups in total. The Morgan fingerprint density at radius 3 is 2.49 bits per heavy atom. The fourth-order valence-corrected chi connectivity index (χ4v) is 4.48. The van der Waals surface area contributed by atoms with Crippen LogP contribution in [0, 0.1) is 0 Å². The number of amides is 1. The number of rotatable bonds is 5. The second kappa shape index (κ2) is 9.35. The van der Waals surface area contributed by atoms with Gasteiger partial charge in [0.25, 0.3) is 11.7 Å². The molecule has 5 rings (SSSR count). The van der Waals surface area contributed by atoms with Gasteiger partial charge in [0, 0.05) is 16.3 Å². The van der Waals surface area contributed by atoms with E-state index in [1.54, 1.807) is 66.7 Å². The molecule has 1 unspecified atom stereocenters. The molecule has 35 heavy (non-hydrogen) atoms. The number of anilines is 1. The van der Waals surface area contributed by atoms with Crippen LogP contribution in [0.1, 0.15) is 24.1 Å². The summed E-state index contributed by atoms with van der Waals surface area (Å²) in [5, 5.41) is 11.8. The number of aliphatic hydroxyl groups excluding tert-OH is 1. The molecule has 7 nitrogen and oxygen atoms in total. The van der Waals surface area contributed by atoms with E-state index in [0.29, 0.717) is 58.9 Å². The lowest BCUT2D eigenvalue weighted by Gasteiger charge is -2.26. The first kappa shape index (κ1) is 22.8. The van der Waals surface area contributed by atoms with Crippen molar-refractivity contribution in [3.63, 3.8) is 0 Å². The lowest BCUT2D eigenvalue weighted by molar-refractivity contribution is -0.132. The summed E-state index contributed by atoms with van der Waals surface area (Å²) in [4.78, 5) is 27.9. The molecular formula is C27H22ClNO6. The lowest BCUT2D eigenvalue weighted by Crippen LogP contribution is -2.29. The first-order valence-electron chi connectivity index (χ1n) is 11.2. The summed E-state index contributed by atoms with van der Waals surface area (Å²) < 4.78 is 16.7. The molecule has 0 saturated carbocycles. The van der Waals surface area contributed by atoms with Crippen molar-refractivity contribution in [2.75, 3.05) is 24.7 Å². The lowest BCUT2D eigenvalue weighted by atomic mass is 9.95. The Morgan fingerprint density at radius 2 is 1.77 bits per heavy atom. The van der Waals surface area contributed by atoms with Gasteiger partial charge in [-0.3, -0.25) is 14.5 Å². The molecular weight excluding hydrogens is 470 g/mol. The number of benzene rings is 3. The third-order valence-corrected chi connectivity index (χ3v) is 6.09. The van der Waals surface area contributed by atoms with Crippen LogP contribution in [0.5, 0.6) is 17.2 Å². The monoisotopic (exact) mass is 491 g/mol. The summed E-state index contributed by atoms with van der Waals surface area (Å²) in [7, 11) is 0. The molecule has 3 aromatic carbocycles. The second-order valence-electron chi connectivity index (χ2n) is 8.01. The van der Waals surface area contributed by atoms with Gasteiger partial charge < -0.3 is 19.3 Å². The van der Waals surface area contributed by atoms with E-state index in [-0.39, 0.29) is 11.3 Å². The van der Waals surface area contributed by atoms with Crippen LogP contribution < -0.4 is 19.1 Å². The number of ketones is 1. The summed E-state index contributed by atoms with van der Waals surface area (Å²) in [5.74, 6) is -0.190. The van der Waals surface area contributed by atoms with E-state index in [0.717, 1.165) is 0 Å². The van der Waals surface area contributed by atoms with E-state index in [1.165, 1.54) is 4.90 Å². The van der Waals surface area contributed by atoms with Crippen molar-refractivity contribution in [3.05, 3.63) is 88.5 Å². The third kappa shape index (κ3) is 4.19. The van der Waals surface area contributed by atoms with Crippen LogP contribution >= 0.6 is 11.6 Å². The SMILES string of the molecule is CCOc1ccc(C2/C(=C(/O)c3ccc4c(c3)OCCO4)C(=O)C(=O)N2c2cccc(Cl)c2)cc1. The van der Waals surface area contributed by atoms with Crippen molar-refractivity contribution in [1.29, 1.82) is 0 Å². The van der Waals surface area contributed by atoms with Crippen LogP contribution in [-0.2, 0) is 9.59 Å². The summed E-state index contributed by atoms with van der Waals surface area (Å²) in [6, 6.07) is 17.8. The van der Waals surface area contributed by atoms with E-state index in [2.05, 4.69) is 0 Å². The Balaban J connectivity index is 1.67. The molecule has 3 aromatic rings. The van der Waals surface area contributed by atoms with Crippen LogP contribution in [0.25, 0.3) is 5.76 Å². The van der Waals surface area contributed by atoms with Crippen molar-refractivity contribution in [2.24, 2.45) is 0 Å². The molecule has 178 valence electrons. The van der Waals surface area contributed by atoms with Gasteiger partial charge in [0.2, 0.25) is 0 Å². The van der Waals surface area contributed by atoms with E-state index in [4.69, 9.17) is 25.8 Å². The Morgan fingerprint density at radius 1 is 1.03 bits per heavy atom. The Hall–Kier alpha value is -3.97. The van der Waals surface area contributed by atoms with Crippen molar-refractivity contribution >= 4 is 34.7 Å². The molecule has 8 heteroatoms. The Labute approximate surface area is 207 Å². The summed E-state index contributed by atoms with van der Waals surface area (Å²) in [5.41, 5.74) is 1.39. The van der Waals surface area contributed by atoms with E-state index < -0.39 is 17.7 Å². The highest BCUT2D eigenvalue weighted by Gasteiger charge is 2.47. The van der Waals surface area contributed by atoms with Gasteiger partial charge in [0.1, 0.15) is 24.7 Å². The Bertz CT molecular complexity index is 1330. The topological polar surface area (TPSA) is 85.3 Å². The average molecular weight is 492 g/mol. The molecule has 1 atom stereocenters. The van der Waals surface area contributed by atoms with Crippen molar-refractivity contribution < 1.29 is 28.9 Å². The zero-order valence-electron chi connectivity index (χ0n) is 18.9. The molecule has 1 saturated heterocycles. The van der Waals surface area contributed by atoms with E-state index >= 15 is 0 Å². The number of carbonyl (C=O) groups is 2. The van der Waals surface area contributed by atoms with E-state index in [1.807, 2.05) is 6.92 Å². The molecule has 0 radical (unpaired) electrons. The zero-order chi connectivity index (χ0) is 24.5. The smallest absolute Gasteiger partial charge is 0.300 e. The number of nitrogens with zero attached hydrogens (tertiary/aromatic N) is 1. The maximum absolute atomic E-state index is 13.3. The van der Waals surface area contributed by atoms with Crippen LogP contribution in [-0.4, -0.2) is 36.6 Å². The Kier molecular flexibility index (Phi) is 6.09. The summed E-state index contributed by atoms with van der Waals surface area (Å²) in [6.07, 6.45) is 0. The predicted octanol–water partition coefficient (Wildman–Crippen LogP) is 5.14. The molecule has 0 bridgehead atoms. The van der Waals surface area contributed by atoms with E-state index in [9.17, 15) is 14.7 Å². The minimum Gasteiger partial charge on any atom is -0.507 e. The van der Waals surface area contributed by atoms with Gasteiger partial charge >= 0.3 is 0 Å². The predicted molar refractivity (Wildman–Crippen MR) is 131 cm³/mol. The first-order valence-corrected chi connectivity index (χ1v) is 11.5. The summed E-state index contributed by atoms with van der Waals surface area (Å²) >= 11 is 6.19. The molecule has 1 fully saturated rings. The molecule has 0 aromatic heterocycles. The number of hydrogen-bond acceptors (Lipinski definition) is 6. The molecule has 2 heterocycles. The van der Waals surface area contributed by atoms with Gasteiger partial charge in [-0.05, 0) is 61.0 Å². The number of fused-ring (bicyclic) bond motifs is 1. The van der Waals surface area contributed by atoms with Gasteiger partial charge in [0.15, 0.2) is 11.5 Å². The van der Waals surface area contributed by atoms with Crippen LogP contribution in [0.15, 0.2) is 72.3 Å². The number of aliphatic hydroxyl groups is 1.